The van der Waals surface area contributed by atoms with Crippen LogP contribution in [0.5, 0.6) is 17.2 Å². The van der Waals surface area contributed by atoms with E-state index in [4.69, 9.17) is 14.2 Å². The van der Waals surface area contributed by atoms with Crippen LogP contribution in [0, 0.1) is 0 Å². The van der Waals surface area contributed by atoms with Crippen molar-refractivity contribution in [3.8, 4) is 17.2 Å². The van der Waals surface area contributed by atoms with Crippen molar-refractivity contribution < 1.29 is 28.9 Å². The highest BCUT2D eigenvalue weighted by atomic mass is 32.2. The third-order valence-electron chi connectivity index (χ3n) is 9.27. The summed E-state index contributed by atoms with van der Waals surface area (Å²) in [6, 6.07) is 33.8. The number of Topliss-reactive ketones (excluding diaryl/α,β-unsaturated/α-hetero) is 1. The molecule has 0 aliphatic carbocycles. The Morgan fingerprint density at radius 2 is 1.74 bits per heavy atom. The molecule has 53 heavy (non-hydrogen) atoms. The zero-order valence-corrected chi connectivity index (χ0v) is 30.7. The van der Waals surface area contributed by atoms with Gasteiger partial charge in [-0.3, -0.25) is 14.5 Å². The minimum Gasteiger partial charge on any atom is -0.507 e. The number of thioether (sulfide) groups is 1. The minimum absolute atomic E-state index is 0.00216. The van der Waals surface area contributed by atoms with Crippen molar-refractivity contribution in [3.63, 3.8) is 0 Å². The maximum atomic E-state index is 14.0. The average Bonchev–Trinajstić information content (AvgIpc) is 3.88. The predicted octanol–water partition coefficient (Wildman–Crippen LogP) is 8.91. The largest absolute Gasteiger partial charge is 0.507 e. The van der Waals surface area contributed by atoms with E-state index in [1.165, 1.54) is 28.0 Å². The van der Waals surface area contributed by atoms with Gasteiger partial charge in [-0.2, -0.15) is 0 Å². The van der Waals surface area contributed by atoms with E-state index >= 15 is 0 Å². The van der Waals surface area contributed by atoms with E-state index in [2.05, 4.69) is 34.5 Å². The van der Waals surface area contributed by atoms with Crippen molar-refractivity contribution in [2.45, 2.75) is 49.1 Å². The van der Waals surface area contributed by atoms with Crippen molar-refractivity contribution in [2.75, 3.05) is 11.5 Å². The predicted molar refractivity (Wildman–Crippen MR) is 207 cm³/mol. The third-order valence-corrected chi connectivity index (χ3v) is 11.4. The van der Waals surface area contributed by atoms with Gasteiger partial charge in [0.2, 0.25) is 5.13 Å². The second-order valence-corrected chi connectivity index (χ2v) is 15.0. The van der Waals surface area contributed by atoms with Gasteiger partial charge in [-0.15, -0.1) is 10.2 Å². The SMILES string of the molecule is CCOc1cc(C2/C(=C(\O)c3ccc4c(c3)CC(C)O4)C(=O)C(=O)N2c2nnc(SCc3cccc4ccccc34)s2)ccc1OCc1ccccc1. The lowest BCUT2D eigenvalue weighted by molar-refractivity contribution is -0.132. The summed E-state index contributed by atoms with van der Waals surface area (Å²) in [6.45, 7) is 4.53. The van der Waals surface area contributed by atoms with Crippen LogP contribution in [-0.4, -0.2) is 39.7 Å². The fourth-order valence-corrected chi connectivity index (χ4v) is 8.68. The number of nitrogens with zero attached hydrogens (tertiary/aromatic N) is 3. The Hall–Kier alpha value is -5.65. The second-order valence-electron chi connectivity index (χ2n) is 12.8. The molecule has 1 saturated heterocycles. The summed E-state index contributed by atoms with van der Waals surface area (Å²) in [5.41, 5.74) is 3.97. The molecule has 1 aromatic heterocycles. The van der Waals surface area contributed by atoms with E-state index in [-0.39, 0.29) is 22.6 Å². The standard InChI is InChI=1S/C42H35N3O6S2/c1-3-49-35-22-28(16-19-34(35)50-23-26-10-5-4-6-11-26)37-36(38(46)29-17-18-33-31(21-29)20-25(2)51-33)39(47)40(48)45(37)41-43-44-42(53-41)52-24-30-14-9-13-27-12-7-8-15-32(27)30/h4-19,21-22,25,37,46H,3,20,23-24H2,1-2H3/b38-36+. The number of carbonyl (C=O) groups is 2. The summed E-state index contributed by atoms with van der Waals surface area (Å²) < 4.78 is 18.7. The Morgan fingerprint density at radius 3 is 2.58 bits per heavy atom. The first-order valence-corrected chi connectivity index (χ1v) is 19.2. The van der Waals surface area contributed by atoms with Gasteiger partial charge in [0, 0.05) is 17.7 Å². The summed E-state index contributed by atoms with van der Waals surface area (Å²) in [4.78, 5) is 29.4. The number of rotatable bonds is 11. The molecule has 1 fully saturated rings. The molecule has 0 bridgehead atoms. The van der Waals surface area contributed by atoms with E-state index in [9.17, 15) is 14.7 Å². The Labute approximate surface area is 314 Å². The topological polar surface area (TPSA) is 111 Å². The first kappa shape index (κ1) is 34.4. The van der Waals surface area contributed by atoms with Crippen molar-refractivity contribution in [1.29, 1.82) is 0 Å². The monoisotopic (exact) mass is 741 g/mol. The van der Waals surface area contributed by atoms with Gasteiger partial charge in [-0.25, -0.2) is 0 Å². The van der Waals surface area contributed by atoms with Gasteiger partial charge in [0.15, 0.2) is 15.8 Å². The van der Waals surface area contributed by atoms with E-state index in [0.29, 0.717) is 52.4 Å². The quantitative estimate of drug-likeness (QED) is 0.0458. The first-order chi connectivity index (χ1) is 25.9. The molecule has 6 aromatic rings. The van der Waals surface area contributed by atoms with Crippen molar-refractivity contribution >= 4 is 56.5 Å². The van der Waals surface area contributed by atoms with E-state index in [1.54, 1.807) is 30.3 Å². The number of hydrogen-bond acceptors (Lipinski definition) is 10. The number of aromatic nitrogens is 2. The Bertz CT molecular complexity index is 2370. The molecule has 0 spiro atoms. The fraction of sp³-hybridized carbons (Fsp3) is 0.190. The van der Waals surface area contributed by atoms with Crippen LogP contribution in [0.2, 0.25) is 0 Å². The zero-order chi connectivity index (χ0) is 36.5. The maximum absolute atomic E-state index is 14.0. The van der Waals surface area contributed by atoms with Gasteiger partial charge >= 0.3 is 5.91 Å². The molecular weight excluding hydrogens is 707 g/mol. The number of ketones is 1. The van der Waals surface area contributed by atoms with Crippen LogP contribution < -0.4 is 19.1 Å². The summed E-state index contributed by atoms with van der Waals surface area (Å²) in [5.74, 6) is 0.419. The van der Waals surface area contributed by atoms with Gasteiger partial charge in [0.25, 0.3) is 5.78 Å². The normalized spacial score (nSPS) is 17.6. The highest BCUT2D eigenvalue weighted by Crippen LogP contribution is 2.46. The number of aliphatic hydroxyl groups is 1. The van der Waals surface area contributed by atoms with Gasteiger partial charge in [-0.05, 0) is 77.2 Å². The summed E-state index contributed by atoms with van der Waals surface area (Å²) >= 11 is 2.73. The molecule has 2 unspecified atom stereocenters. The van der Waals surface area contributed by atoms with E-state index in [0.717, 1.165) is 33.2 Å². The smallest absolute Gasteiger partial charge is 0.301 e. The summed E-state index contributed by atoms with van der Waals surface area (Å²) in [5, 5.41) is 23.3. The molecule has 2 atom stereocenters. The van der Waals surface area contributed by atoms with Gasteiger partial charge < -0.3 is 19.3 Å². The summed E-state index contributed by atoms with van der Waals surface area (Å²) in [6.07, 6.45) is 0.665. The Kier molecular flexibility index (Phi) is 9.59. The van der Waals surface area contributed by atoms with Crippen molar-refractivity contribution in [3.05, 3.63) is 143 Å². The molecule has 0 saturated carbocycles. The maximum Gasteiger partial charge on any atom is 0.301 e. The highest BCUT2D eigenvalue weighted by Gasteiger charge is 2.48. The fourth-order valence-electron chi connectivity index (χ4n) is 6.80. The minimum atomic E-state index is -1.02. The summed E-state index contributed by atoms with van der Waals surface area (Å²) in [7, 11) is 0. The number of fused-ring (bicyclic) bond motifs is 2. The van der Waals surface area contributed by atoms with E-state index < -0.39 is 17.7 Å². The second kappa shape index (κ2) is 14.8. The number of hydrogen-bond donors (Lipinski definition) is 1. The van der Waals surface area contributed by atoms with Gasteiger partial charge in [-0.1, -0.05) is 102 Å². The van der Waals surface area contributed by atoms with Gasteiger partial charge in [0.1, 0.15) is 24.2 Å². The van der Waals surface area contributed by atoms with Crippen LogP contribution in [0.3, 0.4) is 0 Å². The molecule has 1 amide bonds. The lowest BCUT2D eigenvalue weighted by Gasteiger charge is -2.24. The van der Waals surface area contributed by atoms with Crippen LogP contribution in [0.4, 0.5) is 5.13 Å². The lowest BCUT2D eigenvalue weighted by Crippen LogP contribution is -2.29. The van der Waals surface area contributed by atoms with Crippen molar-refractivity contribution in [2.24, 2.45) is 0 Å². The molecule has 2 aliphatic rings. The molecule has 2 aliphatic heterocycles. The average molecular weight is 742 g/mol. The molecular formula is C42H35N3O6S2. The highest BCUT2D eigenvalue weighted by molar-refractivity contribution is 8.00. The molecule has 1 N–H and O–H groups in total. The molecule has 0 radical (unpaired) electrons. The molecule has 8 rings (SSSR count). The molecule has 9 nitrogen and oxygen atoms in total. The molecule has 11 heteroatoms. The van der Waals surface area contributed by atoms with Crippen LogP contribution in [0.1, 0.15) is 47.7 Å². The Balaban J connectivity index is 1.17. The number of ether oxygens (including phenoxy) is 3. The third kappa shape index (κ3) is 6.85. The van der Waals surface area contributed by atoms with Gasteiger partial charge in [0.05, 0.1) is 18.2 Å². The van der Waals surface area contributed by atoms with Crippen LogP contribution in [-0.2, 0) is 28.4 Å². The number of aliphatic hydroxyl groups excluding tert-OH is 1. The van der Waals surface area contributed by atoms with Crippen LogP contribution in [0.25, 0.3) is 16.5 Å². The molecule has 5 aromatic carbocycles. The number of carbonyl (C=O) groups excluding carboxylic acids is 2. The number of amides is 1. The Morgan fingerprint density at radius 1 is 0.925 bits per heavy atom. The lowest BCUT2D eigenvalue weighted by atomic mass is 9.94. The molecule has 266 valence electrons. The van der Waals surface area contributed by atoms with Crippen molar-refractivity contribution in [1.82, 2.24) is 10.2 Å². The number of benzene rings is 5. The van der Waals surface area contributed by atoms with E-state index in [1.807, 2.05) is 68.4 Å². The zero-order valence-electron chi connectivity index (χ0n) is 29.0. The van der Waals surface area contributed by atoms with Crippen LogP contribution in [0.15, 0.2) is 119 Å². The molecule has 3 heterocycles. The first-order valence-electron chi connectivity index (χ1n) is 17.3. The van der Waals surface area contributed by atoms with Crippen LogP contribution >= 0.6 is 23.1 Å². The number of anilines is 1.